The number of halogens is 3. The number of aliphatic hydroxyl groups is 1. The molecule has 0 fully saturated rings. The summed E-state index contributed by atoms with van der Waals surface area (Å²) in [6, 6.07) is 9.22. The van der Waals surface area contributed by atoms with Gasteiger partial charge in [0.25, 0.3) is 0 Å². The van der Waals surface area contributed by atoms with E-state index in [1.165, 1.54) is 24.3 Å². The molecule has 0 aliphatic carbocycles. The third kappa shape index (κ3) is 5.89. The Morgan fingerprint density at radius 1 is 1.00 bits per heavy atom. The van der Waals surface area contributed by atoms with Crippen molar-refractivity contribution >= 4 is 5.82 Å². The number of alkyl halides is 3. The van der Waals surface area contributed by atoms with Gasteiger partial charge < -0.3 is 15.2 Å². The van der Waals surface area contributed by atoms with Gasteiger partial charge in [-0.2, -0.15) is 0 Å². The van der Waals surface area contributed by atoms with Gasteiger partial charge in [0.15, 0.2) is 0 Å². The molecule has 0 atom stereocenters. The molecule has 2 heterocycles. The number of rotatable bonds is 7. The summed E-state index contributed by atoms with van der Waals surface area (Å²) in [5.41, 5.74) is 2.83. The summed E-state index contributed by atoms with van der Waals surface area (Å²) in [6.45, 7) is 2.44. The van der Waals surface area contributed by atoms with Crippen LogP contribution in [0.4, 0.5) is 19.0 Å². The Morgan fingerprint density at radius 3 is 2.41 bits per heavy atom. The molecule has 3 aromatic rings. The highest BCUT2D eigenvalue weighted by Crippen LogP contribution is 2.28. The number of benzene rings is 1. The van der Waals surface area contributed by atoms with Crippen LogP contribution < -0.4 is 10.1 Å². The van der Waals surface area contributed by atoms with Gasteiger partial charge in [0, 0.05) is 42.7 Å². The van der Waals surface area contributed by atoms with E-state index in [0.29, 0.717) is 35.9 Å². The maximum atomic E-state index is 12.3. The van der Waals surface area contributed by atoms with Gasteiger partial charge in [-0.1, -0.05) is 12.1 Å². The van der Waals surface area contributed by atoms with E-state index in [-0.39, 0.29) is 12.4 Å². The van der Waals surface area contributed by atoms with Crippen molar-refractivity contribution in [2.24, 2.45) is 0 Å². The van der Waals surface area contributed by atoms with E-state index in [1.54, 1.807) is 25.4 Å². The van der Waals surface area contributed by atoms with Crippen LogP contribution in [0.5, 0.6) is 5.75 Å². The van der Waals surface area contributed by atoms with E-state index in [0.717, 1.165) is 11.1 Å². The predicted molar refractivity (Wildman–Crippen MR) is 102 cm³/mol. The zero-order valence-corrected chi connectivity index (χ0v) is 15.6. The lowest BCUT2D eigenvalue weighted by molar-refractivity contribution is -0.274. The number of aromatic nitrogens is 3. The Hall–Kier alpha value is -3.20. The van der Waals surface area contributed by atoms with Crippen LogP contribution in [0.1, 0.15) is 12.2 Å². The lowest BCUT2D eigenvalue weighted by Gasteiger charge is -2.10. The molecule has 2 aromatic heterocycles. The van der Waals surface area contributed by atoms with Crippen molar-refractivity contribution < 1.29 is 23.0 Å². The summed E-state index contributed by atoms with van der Waals surface area (Å²) in [4.78, 5) is 13.0. The molecule has 6 nitrogen and oxygen atoms in total. The fourth-order valence-electron chi connectivity index (χ4n) is 2.69. The van der Waals surface area contributed by atoms with E-state index in [2.05, 4.69) is 25.0 Å². The van der Waals surface area contributed by atoms with Gasteiger partial charge in [-0.25, -0.2) is 9.97 Å². The van der Waals surface area contributed by atoms with Gasteiger partial charge in [-0.15, -0.1) is 13.2 Å². The highest BCUT2D eigenvalue weighted by molar-refractivity contribution is 5.71. The summed E-state index contributed by atoms with van der Waals surface area (Å²) in [7, 11) is 0. The van der Waals surface area contributed by atoms with Crippen molar-refractivity contribution in [3.8, 4) is 28.1 Å². The normalized spacial score (nSPS) is 11.3. The number of ether oxygens (including phenoxy) is 1. The quantitative estimate of drug-likeness (QED) is 0.575. The van der Waals surface area contributed by atoms with Crippen LogP contribution in [-0.2, 0) is 0 Å². The zero-order chi connectivity index (χ0) is 20.9. The van der Waals surface area contributed by atoms with Gasteiger partial charge in [0.05, 0.1) is 5.69 Å². The number of pyridine rings is 1. The van der Waals surface area contributed by atoms with Gasteiger partial charge in [0.1, 0.15) is 17.4 Å². The minimum atomic E-state index is -4.73. The fourth-order valence-corrected chi connectivity index (χ4v) is 2.69. The number of hydrogen-bond acceptors (Lipinski definition) is 6. The van der Waals surface area contributed by atoms with Gasteiger partial charge >= 0.3 is 6.36 Å². The Balaban J connectivity index is 1.84. The standard InChI is InChI=1S/C20H19F3N4O2/c1-13-26-18(10-19(27-13)25-7-2-8-28)16-9-15(11-24-12-16)14-3-5-17(6-4-14)29-20(21,22)23/h3-6,9-12,28H,2,7-8H2,1H3,(H,25,26,27). The highest BCUT2D eigenvalue weighted by atomic mass is 19.4. The molecule has 0 aliphatic rings. The number of nitrogens with one attached hydrogen (secondary N) is 1. The number of aliphatic hydroxyl groups excluding tert-OH is 1. The average molecular weight is 404 g/mol. The molecule has 9 heteroatoms. The lowest BCUT2D eigenvalue weighted by atomic mass is 10.0. The Morgan fingerprint density at radius 2 is 1.72 bits per heavy atom. The van der Waals surface area contributed by atoms with Crippen LogP contribution in [0.15, 0.2) is 48.8 Å². The molecule has 0 spiro atoms. The second-order valence-electron chi connectivity index (χ2n) is 6.22. The van der Waals surface area contributed by atoms with Crippen LogP contribution in [0, 0.1) is 6.92 Å². The minimum absolute atomic E-state index is 0.0860. The first kappa shape index (κ1) is 20.5. The number of nitrogens with zero attached hydrogens (tertiary/aromatic N) is 3. The summed E-state index contributed by atoms with van der Waals surface area (Å²) >= 11 is 0. The zero-order valence-electron chi connectivity index (χ0n) is 15.6. The molecule has 0 aliphatic heterocycles. The van der Waals surface area contributed by atoms with Crippen LogP contribution >= 0.6 is 0 Å². The van der Waals surface area contributed by atoms with Gasteiger partial charge in [-0.05, 0) is 37.1 Å². The smallest absolute Gasteiger partial charge is 0.406 e. The van der Waals surface area contributed by atoms with Gasteiger partial charge in [-0.3, -0.25) is 4.98 Å². The fraction of sp³-hybridized carbons (Fsp3) is 0.250. The Bertz CT molecular complexity index is 963. The summed E-state index contributed by atoms with van der Waals surface area (Å²) in [5.74, 6) is 0.934. The topological polar surface area (TPSA) is 80.2 Å². The first-order chi connectivity index (χ1) is 13.8. The van der Waals surface area contributed by atoms with Crippen LogP contribution in [-0.4, -0.2) is 39.6 Å². The maximum absolute atomic E-state index is 12.3. The van der Waals surface area contributed by atoms with Crippen molar-refractivity contribution in [2.45, 2.75) is 19.7 Å². The van der Waals surface area contributed by atoms with Crippen LogP contribution in [0.2, 0.25) is 0 Å². The Labute approximate surface area is 165 Å². The molecule has 152 valence electrons. The molecular weight excluding hydrogens is 385 g/mol. The third-order valence-electron chi connectivity index (χ3n) is 3.93. The first-order valence-electron chi connectivity index (χ1n) is 8.86. The molecule has 0 unspecified atom stereocenters. The van der Waals surface area contributed by atoms with E-state index in [9.17, 15) is 13.2 Å². The van der Waals surface area contributed by atoms with Crippen molar-refractivity contribution in [1.82, 2.24) is 15.0 Å². The van der Waals surface area contributed by atoms with Crippen molar-refractivity contribution in [3.05, 3.63) is 54.6 Å². The SMILES string of the molecule is Cc1nc(NCCCO)cc(-c2cncc(-c3ccc(OC(F)(F)F)cc3)c2)n1. The predicted octanol–water partition coefficient (Wildman–Crippen LogP) is 4.21. The lowest BCUT2D eigenvalue weighted by Crippen LogP contribution is -2.16. The van der Waals surface area contributed by atoms with Crippen LogP contribution in [0.3, 0.4) is 0 Å². The molecule has 0 saturated heterocycles. The van der Waals surface area contributed by atoms with Crippen molar-refractivity contribution in [1.29, 1.82) is 0 Å². The molecule has 3 rings (SSSR count). The second-order valence-corrected chi connectivity index (χ2v) is 6.22. The Kier molecular flexibility index (Phi) is 6.28. The summed E-state index contributed by atoms with van der Waals surface area (Å²) in [5, 5.41) is 12.0. The number of anilines is 1. The summed E-state index contributed by atoms with van der Waals surface area (Å²) < 4.78 is 40.8. The molecular formula is C20H19F3N4O2. The average Bonchev–Trinajstić information content (AvgIpc) is 2.67. The van der Waals surface area contributed by atoms with E-state index < -0.39 is 6.36 Å². The largest absolute Gasteiger partial charge is 0.573 e. The summed E-state index contributed by atoms with van der Waals surface area (Å²) in [6.07, 6.45) is -0.845. The van der Waals surface area contributed by atoms with Crippen LogP contribution in [0.25, 0.3) is 22.4 Å². The molecule has 29 heavy (non-hydrogen) atoms. The minimum Gasteiger partial charge on any atom is -0.406 e. The molecule has 0 saturated carbocycles. The third-order valence-corrected chi connectivity index (χ3v) is 3.93. The monoisotopic (exact) mass is 404 g/mol. The molecule has 0 radical (unpaired) electrons. The molecule has 0 amide bonds. The highest BCUT2D eigenvalue weighted by Gasteiger charge is 2.30. The molecule has 1 aromatic carbocycles. The molecule has 0 bridgehead atoms. The van der Waals surface area contributed by atoms with Crippen molar-refractivity contribution in [3.63, 3.8) is 0 Å². The number of hydrogen-bond donors (Lipinski definition) is 2. The number of aryl methyl sites for hydroxylation is 1. The van der Waals surface area contributed by atoms with E-state index in [4.69, 9.17) is 5.11 Å². The van der Waals surface area contributed by atoms with E-state index in [1.807, 2.05) is 6.07 Å². The molecule has 2 N–H and O–H groups in total. The van der Waals surface area contributed by atoms with Gasteiger partial charge in [0.2, 0.25) is 0 Å². The van der Waals surface area contributed by atoms with Crippen molar-refractivity contribution in [2.75, 3.05) is 18.5 Å². The van der Waals surface area contributed by atoms with E-state index >= 15 is 0 Å². The maximum Gasteiger partial charge on any atom is 0.573 e. The second kappa shape index (κ2) is 8.87. The first-order valence-corrected chi connectivity index (χ1v) is 8.86.